The number of nitrogens with zero attached hydrogens (tertiary/aromatic N) is 3. The molecule has 0 radical (unpaired) electrons. The molecule has 1 heterocycles. The lowest BCUT2D eigenvalue weighted by atomic mass is 10.2. The Morgan fingerprint density at radius 3 is 2.40 bits per heavy atom. The highest BCUT2D eigenvalue weighted by Gasteiger charge is 2.16. The molecule has 0 spiro atoms. The standard InChI is InChI=1S/C20H35N5/c1-4-21-20(22-5-2)23-11-6-7-12-24-13-15-25(16-14-24)19-10-8-9-18(3)17-19/h8-10,17H,4-7,11-16H2,1-3H3,(H2,21,22,23). The van der Waals surface area contributed by atoms with Crippen LogP contribution in [0.2, 0.25) is 0 Å². The highest BCUT2D eigenvalue weighted by Crippen LogP contribution is 2.17. The van der Waals surface area contributed by atoms with Crippen molar-refractivity contribution in [3.63, 3.8) is 0 Å². The van der Waals surface area contributed by atoms with E-state index in [2.05, 4.69) is 70.5 Å². The van der Waals surface area contributed by atoms with Crippen LogP contribution in [0, 0.1) is 6.92 Å². The first kappa shape index (κ1) is 19.6. The van der Waals surface area contributed by atoms with Gasteiger partial charge in [0, 0.05) is 51.5 Å². The minimum Gasteiger partial charge on any atom is -0.369 e. The summed E-state index contributed by atoms with van der Waals surface area (Å²) in [4.78, 5) is 9.71. The lowest BCUT2D eigenvalue weighted by Gasteiger charge is -2.36. The predicted molar refractivity (Wildman–Crippen MR) is 109 cm³/mol. The molecule has 0 aromatic heterocycles. The third kappa shape index (κ3) is 6.94. The molecule has 0 bridgehead atoms. The van der Waals surface area contributed by atoms with Crippen molar-refractivity contribution in [2.75, 3.05) is 57.3 Å². The van der Waals surface area contributed by atoms with E-state index in [1.54, 1.807) is 0 Å². The molecule has 5 heteroatoms. The Bertz CT molecular complexity index is 513. The number of aryl methyl sites for hydroxylation is 1. The fourth-order valence-electron chi connectivity index (χ4n) is 3.20. The van der Waals surface area contributed by atoms with Crippen LogP contribution in [0.1, 0.15) is 32.3 Å². The number of benzene rings is 1. The van der Waals surface area contributed by atoms with Gasteiger partial charge in [-0.25, -0.2) is 0 Å². The Morgan fingerprint density at radius 2 is 1.76 bits per heavy atom. The highest BCUT2D eigenvalue weighted by atomic mass is 15.3. The Hall–Kier alpha value is -1.75. The van der Waals surface area contributed by atoms with Crippen LogP contribution in [-0.4, -0.2) is 63.2 Å². The zero-order chi connectivity index (χ0) is 17.9. The molecule has 1 saturated heterocycles. The van der Waals surface area contributed by atoms with Gasteiger partial charge in [-0.15, -0.1) is 0 Å². The van der Waals surface area contributed by atoms with E-state index in [1.807, 2.05) is 0 Å². The fourth-order valence-corrected chi connectivity index (χ4v) is 3.20. The van der Waals surface area contributed by atoms with Crippen molar-refractivity contribution in [2.45, 2.75) is 33.6 Å². The van der Waals surface area contributed by atoms with Crippen molar-refractivity contribution in [1.82, 2.24) is 15.5 Å². The summed E-state index contributed by atoms with van der Waals surface area (Å²) in [6.07, 6.45) is 2.37. The molecule has 1 aliphatic heterocycles. The van der Waals surface area contributed by atoms with E-state index in [9.17, 15) is 0 Å². The first-order chi connectivity index (χ1) is 12.2. The number of unbranched alkanes of at least 4 members (excludes halogenated alkanes) is 1. The molecular weight excluding hydrogens is 310 g/mol. The third-order valence-corrected chi connectivity index (χ3v) is 4.58. The number of anilines is 1. The number of rotatable bonds is 8. The average molecular weight is 346 g/mol. The van der Waals surface area contributed by atoms with Crippen LogP contribution in [0.15, 0.2) is 29.3 Å². The van der Waals surface area contributed by atoms with Gasteiger partial charge in [0.1, 0.15) is 0 Å². The molecule has 0 amide bonds. The Morgan fingerprint density at radius 1 is 1.04 bits per heavy atom. The van der Waals surface area contributed by atoms with E-state index in [0.29, 0.717) is 0 Å². The maximum Gasteiger partial charge on any atom is 0.191 e. The van der Waals surface area contributed by atoms with Crippen LogP contribution in [0.5, 0.6) is 0 Å². The summed E-state index contributed by atoms with van der Waals surface area (Å²) in [5, 5.41) is 6.54. The van der Waals surface area contributed by atoms with Gasteiger partial charge in [0.15, 0.2) is 5.96 Å². The topological polar surface area (TPSA) is 42.9 Å². The van der Waals surface area contributed by atoms with Gasteiger partial charge in [-0.1, -0.05) is 12.1 Å². The third-order valence-electron chi connectivity index (χ3n) is 4.58. The second-order valence-electron chi connectivity index (χ2n) is 6.67. The van der Waals surface area contributed by atoms with Gasteiger partial charge in [-0.05, 0) is 57.9 Å². The number of hydrogen-bond acceptors (Lipinski definition) is 3. The summed E-state index contributed by atoms with van der Waals surface area (Å²) < 4.78 is 0. The second-order valence-corrected chi connectivity index (χ2v) is 6.67. The van der Waals surface area contributed by atoms with E-state index in [4.69, 9.17) is 0 Å². The quantitative estimate of drug-likeness (QED) is 0.432. The van der Waals surface area contributed by atoms with Gasteiger partial charge in [0.25, 0.3) is 0 Å². The van der Waals surface area contributed by atoms with Gasteiger partial charge in [-0.3, -0.25) is 9.89 Å². The smallest absolute Gasteiger partial charge is 0.191 e. The number of guanidine groups is 1. The molecule has 1 aromatic carbocycles. The summed E-state index contributed by atoms with van der Waals surface area (Å²) >= 11 is 0. The first-order valence-electron chi connectivity index (χ1n) is 9.79. The van der Waals surface area contributed by atoms with Gasteiger partial charge < -0.3 is 15.5 Å². The minimum absolute atomic E-state index is 0.901. The normalized spacial score (nSPS) is 15.1. The molecule has 5 nitrogen and oxygen atoms in total. The molecule has 1 fully saturated rings. The van der Waals surface area contributed by atoms with Crippen LogP contribution in [0.4, 0.5) is 5.69 Å². The summed E-state index contributed by atoms with van der Waals surface area (Å²) in [5.74, 6) is 0.941. The maximum atomic E-state index is 4.61. The van der Waals surface area contributed by atoms with Crippen molar-refractivity contribution in [3.05, 3.63) is 29.8 Å². The van der Waals surface area contributed by atoms with Crippen LogP contribution in [-0.2, 0) is 0 Å². The van der Waals surface area contributed by atoms with E-state index < -0.39 is 0 Å². The van der Waals surface area contributed by atoms with Crippen molar-refractivity contribution in [2.24, 2.45) is 4.99 Å². The molecule has 0 aliphatic carbocycles. The van der Waals surface area contributed by atoms with Crippen LogP contribution in [0.3, 0.4) is 0 Å². The zero-order valence-electron chi connectivity index (χ0n) is 16.2. The number of piperazine rings is 1. The molecule has 0 saturated carbocycles. The summed E-state index contributed by atoms with van der Waals surface area (Å²) in [6.45, 7) is 14.9. The van der Waals surface area contributed by atoms with Crippen LogP contribution < -0.4 is 15.5 Å². The molecule has 1 aromatic rings. The Labute approximate surface area is 153 Å². The molecule has 25 heavy (non-hydrogen) atoms. The summed E-state index contributed by atoms with van der Waals surface area (Å²) in [5.41, 5.74) is 2.71. The molecule has 1 aliphatic rings. The van der Waals surface area contributed by atoms with E-state index in [0.717, 1.165) is 58.2 Å². The van der Waals surface area contributed by atoms with Crippen molar-refractivity contribution >= 4 is 11.6 Å². The number of hydrogen-bond donors (Lipinski definition) is 2. The highest BCUT2D eigenvalue weighted by molar-refractivity contribution is 5.79. The van der Waals surface area contributed by atoms with Crippen molar-refractivity contribution in [3.8, 4) is 0 Å². The largest absolute Gasteiger partial charge is 0.369 e. The van der Waals surface area contributed by atoms with Crippen molar-refractivity contribution in [1.29, 1.82) is 0 Å². The van der Waals surface area contributed by atoms with Crippen LogP contribution in [0.25, 0.3) is 0 Å². The zero-order valence-corrected chi connectivity index (χ0v) is 16.2. The minimum atomic E-state index is 0.901. The first-order valence-corrected chi connectivity index (χ1v) is 9.79. The molecule has 0 atom stereocenters. The van der Waals surface area contributed by atoms with Gasteiger partial charge in [0.2, 0.25) is 0 Å². The summed E-state index contributed by atoms with van der Waals surface area (Å²) in [7, 11) is 0. The fraction of sp³-hybridized carbons (Fsp3) is 0.650. The molecular formula is C20H35N5. The molecule has 140 valence electrons. The SMILES string of the molecule is CCNC(=NCCCCN1CCN(c2cccc(C)c2)CC1)NCC. The second kappa shape index (κ2) is 11.0. The van der Waals surface area contributed by atoms with Gasteiger partial charge in [-0.2, -0.15) is 0 Å². The lowest BCUT2D eigenvalue weighted by Crippen LogP contribution is -2.46. The monoisotopic (exact) mass is 345 g/mol. The average Bonchev–Trinajstić information content (AvgIpc) is 2.62. The lowest BCUT2D eigenvalue weighted by molar-refractivity contribution is 0.253. The number of aliphatic imine (C=N–C) groups is 1. The number of nitrogens with one attached hydrogen (secondary N) is 2. The predicted octanol–water partition coefficient (Wildman–Crippen LogP) is 2.47. The Kier molecular flexibility index (Phi) is 8.60. The van der Waals surface area contributed by atoms with E-state index in [1.165, 1.54) is 24.2 Å². The van der Waals surface area contributed by atoms with Crippen LogP contribution >= 0.6 is 0 Å². The van der Waals surface area contributed by atoms with Crippen molar-refractivity contribution < 1.29 is 0 Å². The van der Waals surface area contributed by atoms with Gasteiger partial charge >= 0.3 is 0 Å². The van der Waals surface area contributed by atoms with Gasteiger partial charge in [0.05, 0.1) is 0 Å². The molecule has 2 rings (SSSR count). The summed E-state index contributed by atoms with van der Waals surface area (Å²) in [6, 6.07) is 8.85. The molecule has 0 unspecified atom stereocenters. The van der Waals surface area contributed by atoms with E-state index >= 15 is 0 Å². The van der Waals surface area contributed by atoms with E-state index in [-0.39, 0.29) is 0 Å². The maximum absolute atomic E-state index is 4.61. The Balaban J connectivity index is 1.63. The molecule has 2 N–H and O–H groups in total.